The number of morpholine rings is 1. The van der Waals surface area contributed by atoms with Crippen LogP contribution in [0.3, 0.4) is 0 Å². The summed E-state index contributed by atoms with van der Waals surface area (Å²) in [6, 6.07) is 9.94. The molecule has 2 amide bonds. The standard InChI is InChI=1S/C19H30N2O3/c1-14(2)11-18(16-7-5-4-6-8-16)20-19(23)21-9-10-24-13-17(21)12-15(3)22/h4-8,14-15,17-18,22H,9-13H2,1-3H3,(H,20,23)/t15-,17+,18-/m0/s1. The van der Waals surface area contributed by atoms with Crippen molar-refractivity contribution in [1.82, 2.24) is 10.2 Å². The zero-order valence-electron chi connectivity index (χ0n) is 14.9. The van der Waals surface area contributed by atoms with Gasteiger partial charge in [0.15, 0.2) is 0 Å². The summed E-state index contributed by atoms with van der Waals surface area (Å²) in [6.07, 6.45) is 0.974. The number of nitrogens with zero attached hydrogens (tertiary/aromatic N) is 1. The van der Waals surface area contributed by atoms with Gasteiger partial charge in [-0.1, -0.05) is 44.2 Å². The highest BCUT2D eigenvalue weighted by atomic mass is 16.5. The molecule has 1 aliphatic rings. The van der Waals surface area contributed by atoms with Gasteiger partial charge < -0.3 is 20.1 Å². The molecule has 2 rings (SSSR count). The number of ether oxygens (including phenoxy) is 1. The maximum atomic E-state index is 12.8. The third-order valence-corrected chi connectivity index (χ3v) is 4.31. The number of aliphatic hydroxyl groups excluding tert-OH is 1. The number of carbonyl (C=O) groups is 1. The molecule has 0 spiro atoms. The average Bonchev–Trinajstić information content (AvgIpc) is 2.54. The van der Waals surface area contributed by atoms with Crippen LogP contribution < -0.4 is 5.32 Å². The second kappa shape index (κ2) is 9.04. The van der Waals surface area contributed by atoms with Crippen LogP contribution in [-0.2, 0) is 4.74 Å². The van der Waals surface area contributed by atoms with Crippen molar-refractivity contribution < 1.29 is 14.6 Å². The number of amides is 2. The summed E-state index contributed by atoms with van der Waals surface area (Å²) in [4.78, 5) is 14.6. The van der Waals surface area contributed by atoms with E-state index in [1.807, 2.05) is 23.1 Å². The Morgan fingerprint density at radius 1 is 1.33 bits per heavy atom. The fraction of sp³-hybridized carbons (Fsp3) is 0.632. The van der Waals surface area contributed by atoms with Crippen molar-refractivity contribution in [2.75, 3.05) is 19.8 Å². The highest BCUT2D eigenvalue weighted by molar-refractivity contribution is 5.75. The van der Waals surface area contributed by atoms with Crippen LogP contribution in [0.25, 0.3) is 0 Å². The molecule has 0 aliphatic carbocycles. The summed E-state index contributed by atoms with van der Waals surface area (Å²) in [6.45, 7) is 7.66. The number of hydrogen-bond donors (Lipinski definition) is 2. The van der Waals surface area contributed by atoms with Crippen LogP contribution in [0.15, 0.2) is 30.3 Å². The first kappa shape index (κ1) is 18.7. The van der Waals surface area contributed by atoms with Crippen LogP contribution in [0.4, 0.5) is 4.79 Å². The van der Waals surface area contributed by atoms with E-state index < -0.39 is 6.10 Å². The molecule has 0 bridgehead atoms. The van der Waals surface area contributed by atoms with Gasteiger partial charge in [-0.2, -0.15) is 0 Å². The smallest absolute Gasteiger partial charge is 0.318 e. The fourth-order valence-electron chi connectivity index (χ4n) is 3.18. The lowest BCUT2D eigenvalue weighted by Gasteiger charge is -2.37. The van der Waals surface area contributed by atoms with Crippen molar-refractivity contribution >= 4 is 6.03 Å². The molecule has 24 heavy (non-hydrogen) atoms. The van der Waals surface area contributed by atoms with Crippen molar-refractivity contribution in [2.24, 2.45) is 5.92 Å². The Balaban J connectivity index is 2.08. The predicted octanol–water partition coefficient (Wildman–Crippen LogP) is 2.96. The zero-order valence-corrected chi connectivity index (χ0v) is 14.9. The molecule has 1 saturated heterocycles. The van der Waals surface area contributed by atoms with Gasteiger partial charge in [-0.25, -0.2) is 4.79 Å². The zero-order chi connectivity index (χ0) is 17.5. The highest BCUT2D eigenvalue weighted by Gasteiger charge is 2.29. The highest BCUT2D eigenvalue weighted by Crippen LogP contribution is 2.22. The van der Waals surface area contributed by atoms with Crippen LogP contribution in [0.2, 0.25) is 0 Å². The van der Waals surface area contributed by atoms with Gasteiger partial charge >= 0.3 is 6.03 Å². The van der Waals surface area contributed by atoms with E-state index in [0.717, 1.165) is 12.0 Å². The van der Waals surface area contributed by atoms with E-state index in [-0.39, 0.29) is 18.1 Å². The van der Waals surface area contributed by atoms with Gasteiger partial charge in [0.05, 0.1) is 31.4 Å². The molecule has 5 nitrogen and oxygen atoms in total. The first-order chi connectivity index (χ1) is 11.5. The first-order valence-corrected chi connectivity index (χ1v) is 8.85. The molecule has 1 heterocycles. The van der Waals surface area contributed by atoms with Crippen molar-refractivity contribution in [2.45, 2.75) is 51.8 Å². The molecular formula is C19H30N2O3. The summed E-state index contributed by atoms with van der Waals surface area (Å²) >= 11 is 0. The molecule has 134 valence electrons. The second-order valence-corrected chi connectivity index (χ2v) is 7.05. The summed E-state index contributed by atoms with van der Waals surface area (Å²) in [5.41, 5.74) is 1.12. The normalized spacial score (nSPS) is 20.7. The second-order valence-electron chi connectivity index (χ2n) is 7.05. The third kappa shape index (κ3) is 5.49. The minimum Gasteiger partial charge on any atom is -0.393 e. The number of rotatable bonds is 6. The third-order valence-electron chi connectivity index (χ3n) is 4.31. The van der Waals surface area contributed by atoms with Gasteiger partial charge in [-0.3, -0.25) is 0 Å². The monoisotopic (exact) mass is 334 g/mol. The van der Waals surface area contributed by atoms with E-state index in [4.69, 9.17) is 4.74 Å². The quantitative estimate of drug-likeness (QED) is 0.841. The Labute approximate surface area is 145 Å². The lowest BCUT2D eigenvalue weighted by Crippen LogP contribution is -2.53. The molecule has 3 atom stereocenters. The van der Waals surface area contributed by atoms with E-state index >= 15 is 0 Å². The van der Waals surface area contributed by atoms with Crippen molar-refractivity contribution in [3.63, 3.8) is 0 Å². The molecule has 1 aliphatic heterocycles. The summed E-state index contributed by atoms with van der Waals surface area (Å²) in [5, 5.41) is 12.9. The summed E-state index contributed by atoms with van der Waals surface area (Å²) in [7, 11) is 0. The van der Waals surface area contributed by atoms with Crippen molar-refractivity contribution in [3.8, 4) is 0 Å². The Morgan fingerprint density at radius 3 is 2.67 bits per heavy atom. The van der Waals surface area contributed by atoms with E-state index in [2.05, 4.69) is 31.3 Å². The maximum Gasteiger partial charge on any atom is 0.318 e. The Hall–Kier alpha value is -1.59. The largest absolute Gasteiger partial charge is 0.393 e. The molecule has 1 fully saturated rings. The van der Waals surface area contributed by atoms with Gasteiger partial charge in [0.1, 0.15) is 0 Å². The molecule has 0 aromatic heterocycles. The number of benzene rings is 1. The minimum absolute atomic E-state index is 0.00579. The molecule has 1 aromatic rings. The Morgan fingerprint density at radius 2 is 2.04 bits per heavy atom. The molecule has 5 heteroatoms. The molecule has 2 N–H and O–H groups in total. The van der Waals surface area contributed by atoms with Gasteiger partial charge in [0, 0.05) is 6.54 Å². The molecule has 0 saturated carbocycles. The van der Waals surface area contributed by atoms with Crippen molar-refractivity contribution in [1.29, 1.82) is 0 Å². The van der Waals surface area contributed by atoms with E-state index in [1.54, 1.807) is 6.92 Å². The lowest BCUT2D eigenvalue weighted by atomic mass is 9.97. The van der Waals surface area contributed by atoms with Crippen LogP contribution in [0.1, 0.15) is 45.2 Å². The van der Waals surface area contributed by atoms with Crippen LogP contribution >= 0.6 is 0 Å². The number of nitrogens with one attached hydrogen (secondary N) is 1. The number of aliphatic hydroxyl groups is 1. The maximum absolute atomic E-state index is 12.8. The molecule has 0 unspecified atom stereocenters. The molecule has 1 aromatic carbocycles. The van der Waals surface area contributed by atoms with Crippen LogP contribution in [0.5, 0.6) is 0 Å². The van der Waals surface area contributed by atoms with Crippen molar-refractivity contribution in [3.05, 3.63) is 35.9 Å². The van der Waals surface area contributed by atoms with E-state index in [0.29, 0.717) is 32.1 Å². The van der Waals surface area contributed by atoms with Gasteiger partial charge in [0.25, 0.3) is 0 Å². The molecular weight excluding hydrogens is 304 g/mol. The molecule has 0 radical (unpaired) electrons. The Bertz CT molecular complexity index is 505. The van der Waals surface area contributed by atoms with E-state index in [9.17, 15) is 9.90 Å². The number of urea groups is 1. The number of hydrogen-bond acceptors (Lipinski definition) is 3. The number of carbonyl (C=O) groups excluding carboxylic acids is 1. The van der Waals surface area contributed by atoms with Gasteiger partial charge in [-0.15, -0.1) is 0 Å². The minimum atomic E-state index is -0.451. The topological polar surface area (TPSA) is 61.8 Å². The Kier molecular flexibility index (Phi) is 7.06. The van der Waals surface area contributed by atoms with Crippen LogP contribution in [-0.4, -0.2) is 47.9 Å². The van der Waals surface area contributed by atoms with Crippen LogP contribution in [0, 0.1) is 5.92 Å². The van der Waals surface area contributed by atoms with E-state index in [1.165, 1.54) is 0 Å². The SMILES string of the molecule is CC(C)C[C@H](NC(=O)N1CCOC[C@H]1C[C@H](C)O)c1ccccc1. The fourth-order valence-corrected chi connectivity index (χ4v) is 3.18. The lowest BCUT2D eigenvalue weighted by molar-refractivity contribution is -0.00494. The predicted molar refractivity (Wildman–Crippen MR) is 94.8 cm³/mol. The first-order valence-electron chi connectivity index (χ1n) is 8.85. The summed E-state index contributed by atoms with van der Waals surface area (Å²) < 4.78 is 5.48. The van der Waals surface area contributed by atoms with Gasteiger partial charge in [-0.05, 0) is 31.2 Å². The van der Waals surface area contributed by atoms with Gasteiger partial charge in [0.2, 0.25) is 0 Å². The summed E-state index contributed by atoms with van der Waals surface area (Å²) in [5.74, 6) is 0.480. The average molecular weight is 334 g/mol.